The zero-order valence-corrected chi connectivity index (χ0v) is 11.8. The van der Waals surface area contributed by atoms with E-state index in [9.17, 15) is 0 Å². The van der Waals surface area contributed by atoms with E-state index in [0.717, 1.165) is 23.9 Å². The van der Waals surface area contributed by atoms with Crippen LogP contribution in [0.1, 0.15) is 46.4 Å². The van der Waals surface area contributed by atoms with Gasteiger partial charge >= 0.3 is 0 Å². The molecule has 3 nitrogen and oxygen atoms in total. The Hall–Kier alpha value is -0.610. The predicted molar refractivity (Wildman–Crippen MR) is 72.4 cm³/mol. The van der Waals surface area contributed by atoms with Crippen LogP contribution in [0, 0.1) is 0 Å². The second-order valence-corrected chi connectivity index (χ2v) is 5.05. The SMILES string of the molecule is CCNC(C)c1csc(N(CC)C(C)C)n1. The fourth-order valence-corrected chi connectivity index (χ4v) is 2.86. The number of hydrogen-bond donors (Lipinski definition) is 1. The summed E-state index contributed by atoms with van der Waals surface area (Å²) in [5.74, 6) is 0. The maximum Gasteiger partial charge on any atom is 0.185 e. The minimum Gasteiger partial charge on any atom is -0.346 e. The van der Waals surface area contributed by atoms with Crippen LogP contribution in [0.5, 0.6) is 0 Å². The highest BCUT2D eigenvalue weighted by Gasteiger charge is 2.14. The zero-order chi connectivity index (χ0) is 12.1. The highest BCUT2D eigenvalue weighted by Crippen LogP contribution is 2.25. The second-order valence-electron chi connectivity index (χ2n) is 4.21. The normalized spacial score (nSPS) is 13.1. The summed E-state index contributed by atoms with van der Waals surface area (Å²) in [5.41, 5.74) is 1.15. The molecule has 0 fully saturated rings. The lowest BCUT2D eigenvalue weighted by Gasteiger charge is -2.24. The monoisotopic (exact) mass is 241 g/mol. The number of rotatable bonds is 6. The van der Waals surface area contributed by atoms with Gasteiger partial charge in [0.15, 0.2) is 5.13 Å². The molecule has 0 amide bonds. The molecule has 0 aliphatic heterocycles. The van der Waals surface area contributed by atoms with Crippen molar-refractivity contribution in [1.82, 2.24) is 10.3 Å². The van der Waals surface area contributed by atoms with Crippen LogP contribution in [0.2, 0.25) is 0 Å². The first-order chi connectivity index (χ1) is 7.60. The standard InChI is InChI=1S/C12H23N3S/c1-6-13-10(5)11-8-16-12(14-11)15(7-2)9(3)4/h8-10,13H,6-7H2,1-5H3. The van der Waals surface area contributed by atoms with E-state index in [-0.39, 0.29) is 0 Å². The Labute approximate surface area is 103 Å². The molecule has 4 heteroatoms. The Morgan fingerprint density at radius 3 is 2.56 bits per heavy atom. The van der Waals surface area contributed by atoms with E-state index in [1.165, 1.54) is 0 Å². The summed E-state index contributed by atoms with van der Waals surface area (Å²) < 4.78 is 0. The molecule has 1 heterocycles. The Bertz CT molecular complexity index is 309. The molecule has 0 aliphatic rings. The predicted octanol–water partition coefficient (Wildman–Crippen LogP) is 3.05. The molecule has 0 aliphatic carbocycles. The first-order valence-corrected chi connectivity index (χ1v) is 6.93. The van der Waals surface area contributed by atoms with Crippen molar-refractivity contribution < 1.29 is 0 Å². The number of nitrogens with one attached hydrogen (secondary N) is 1. The third-order valence-corrected chi connectivity index (χ3v) is 3.57. The third-order valence-electron chi connectivity index (χ3n) is 2.67. The maximum atomic E-state index is 4.70. The molecule has 0 saturated heterocycles. The average Bonchev–Trinajstić information content (AvgIpc) is 2.68. The van der Waals surface area contributed by atoms with E-state index in [1.807, 2.05) is 0 Å². The summed E-state index contributed by atoms with van der Waals surface area (Å²) >= 11 is 1.74. The van der Waals surface area contributed by atoms with Gasteiger partial charge in [0.25, 0.3) is 0 Å². The summed E-state index contributed by atoms with van der Waals surface area (Å²) in [6.07, 6.45) is 0. The van der Waals surface area contributed by atoms with Crippen LogP contribution in [0.15, 0.2) is 5.38 Å². The third kappa shape index (κ3) is 3.19. The molecular weight excluding hydrogens is 218 g/mol. The lowest BCUT2D eigenvalue weighted by Crippen LogP contribution is -2.30. The highest BCUT2D eigenvalue weighted by atomic mass is 32.1. The van der Waals surface area contributed by atoms with Crippen molar-refractivity contribution in [3.8, 4) is 0 Å². The smallest absolute Gasteiger partial charge is 0.185 e. The van der Waals surface area contributed by atoms with E-state index in [2.05, 4.69) is 50.2 Å². The van der Waals surface area contributed by atoms with Crippen LogP contribution >= 0.6 is 11.3 Å². The molecule has 0 aromatic carbocycles. The van der Waals surface area contributed by atoms with Crippen LogP contribution in [0.3, 0.4) is 0 Å². The lowest BCUT2D eigenvalue weighted by molar-refractivity contribution is 0.584. The van der Waals surface area contributed by atoms with Crippen molar-refractivity contribution >= 4 is 16.5 Å². The molecular formula is C12H23N3S. The quantitative estimate of drug-likeness (QED) is 0.829. The summed E-state index contributed by atoms with van der Waals surface area (Å²) in [6, 6.07) is 0.860. The van der Waals surface area contributed by atoms with Crippen LogP contribution < -0.4 is 10.2 Å². The molecule has 0 bridgehead atoms. The number of thiazole rings is 1. The van der Waals surface area contributed by atoms with Crippen molar-refractivity contribution in [2.24, 2.45) is 0 Å². The van der Waals surface area contributed by atoms with Gasteiger partial charge in [0.1, 0.15) is 0 Å². The van der Waals surface area contributed by atoms with Gasteiger partial charge in [-0.15, -0.1) is 11.3 Å². The molecule has 16 heavy (non-hydrogen) atoms. The van der Waals surface area contributed by atoms with Gasteiger partial charge in [0, 0.05) is 24.0 Å². The summed E-state index contributed by atoms with van der Waals surface area (Å²) in [6.45, 7) is 12.9. The van der Waals surface area contributed by atoms with Crippen molar-refractivity contribution in [3.05, 3.63) is 11.1 Å². The van der Waals surface area contributed by atoms with Gasteiger partial charge in [-0.1, -0.05) is 6.92 Å². The molecule has 0 saturated carbocycles. The van der Waals surface area contributed by atoms with E-state index < -0.39 is 0 Å². The Morgan fingerprint density at radius 2 is 2.06 bits per heavy atom. The largest absolute Gasteiger partial charge is 0.346 e. The van der Waals surface area contributed by atoms with Crippen LogP contribution in [-0.4, -0.2) is 24.1 Å². The van der Waals surface area contributed by atoms with Gasteiger partial charge in [-0.05, 0) is 34.2 Å². The molecule has 1 aromatic heterocycles. The van der Waals surface area contributed by atoms with Gasteiger partial charge in [0.05, 0.1) is 5.69 Å². The highest BCUT2D eigenvalue weighted by molar-refractivity contribution is 7.13. The summed E-state index contributed by atoms with van der Waals surface area (Å²) in [5, 5.41) is 6.68. The number of aromatic nitrogens is 1. The van der Waals surface area contributed by atoms with Crippen LogP contribution in [0.25, 0.3) is 0 Å². The zero-order valence-electron chi connectivity index (χ0n) is 10.9. The molecule has 0 spiro atoms. The first-order valence-electron chi connectivity index (χ1n) is 6.05. The summed E-state index contributed by atoms with van der Waals surface area (Å²) in [4.78, 5) is 7.03. The van der Waals surface area contributed by atoms with Crippen molar-refractivity contribution in [3.63, 3.8) is 0 Å². The fourth-order valence-electron chi connectivity index (χ4n) is 1.74. The van der Waals surface area contributed by atoms with Crippen molar-refractivity contribution in [2.75, 3.05) is 18.0 Å². The molecule has 92 valence electrons. The molecule has 1 unspecified atom stereocenters. The van der Waals surface area contributed by atoms with Gasteiger partial charge in [-0.2, -0.15) is 0 Å². The van der Waals surface area contributed by atoms with Gasteiger partial charge in [-0.3, -0.25) is 0 Å². The molecule has 1 aromatic rings. The molecule has 0 radical (unpaired) electrons. The van der Waals surface area contributed by atoms with E-state index in [1.54, 1.807) is 11.3 Å². The Kier molecular flexibility index (Phi) is 5.22. The minimum absolute atomic E-state index is 0.348. The number of anilines is 1. The number of hydrogen-bond acceptors (Lipinski definition) is 4. The fraction of sp³-hybridized carbons (Fsp3) is 0.750. The van der Waals surface area contributed by atoms with E-state index >= 15 is 0 Å². The maximum absolute atomic E-state index is 4.70. The Morgan fingerprint density at radius 1 is 1.38 bits per heavy atom. The minimum atomic E-state index is 0.348. The molecule has 1 rings (SSSR count). The second kappa shape index (κ2) is 6.21. The molecule has 1 atom stereocenters. The molecule has 1 N–H and O–H groups in total. The Balaban J connectivity index is 2.77. The lowest BCUT2D eigenvalue weighted by atomic mass is 10.2. The number of nitrogens with zero attached hydrogens (tertiary/aromatic N) is 2. The van der Waals surface area contributed by atoms with E-state index in [4.69, 9.17) is 4.98 Å². The van der Waals surface area contributed by atoms with Crippen molar-refractivity contribution in [2.45, 2.75) is 46.7 Å². The van der Waals surface area contributed by atoms with Gasteiger partial charge in [-0.25, -0.2) is 4.98 Å². The van der Waals surface area contributed by atoms with Gasteiger partial charge in [0.2, 0.25) is 0 Å². The van der Waals surface area contributed by atoms with Crippen LogP contribution in [0.4, 0.5) is 5.13 Å². The topological polar surface area (TPSA) is 28.2 Å². The van der Waals surface area contributed by atoms with Gasteiger partial charge < -0.3 is 10.2 Å². The van der Waals surface area contributed by atoms with E-state index in [0.29, 0.717) is 12.1 Å². The summed E-state index contributed by atoms with van der Waals surface area (Å²) in [7, 11) is 0. The first kappa shape index (κ1) is 13.5. The van der Waals surface area contributed by atoms with Crippen LogP contribution in [-0.2, 0) is 0 Å². The average molecular weight is 241 g/mol. The van der Waals surface area contributed by atoms with Crippen molar-refractivity contribution in [1.29, 1.82) is 0 Å².